The van der Waals surface area contributed by atoms with Crippen molar-refractivity contribution in [2.45, 2.75) is 17.9 Å². The molecule has 2 rings (SSSR count). The van der Waals surface area contributed by atoms with Crippen molar-refractivity contribution in [1.82, 2.24) is 9.71 Å². The van der Waals surface area contributed by atoms with Crippen molar-refractivity contribution in [1.29, 1.82) is 0 Å². The summed E-state index contributed by atoms with van der Waals surface area (Å²) in [6.45, 7) is 1.21. The van der Waals surface area contributed by atoms with Crippen LogP contribution in [-0.4, -0.2) is 42.2 Å². The van der Waals surface area contributed by atoms with E-state index in [0.29, 0.717) is 10.9 Å². The zero-order chi connectivity index (χ0) is 15.6. The number of aliphatic hydroxyl groups is 1. The van der Waals surface area contributed by atoms with Gasteiger partial charge in [0, 0.05) is 18.1 Å². The number of hydrogen-bond donors (Lipinski definition) is 3. The van der Waals surface area contributed by atoms with Crippen LogP contribution in [0, 0.1) is 6.92 Å². The standard InChI is InChI=1S/C13H14N2O5S/c1-8-4-5-11(9-3-2-6-14-12(8)9)21(19,20)15-7-10(16)13(17)18/h2-6,10,15-16H,7H2,1H3,(H,17,18)/t10-/m0/s1. The number of carboxylic acids is 1. The van der Waals surface area contributed by atoms with Crippen LogP contribution < -0.4 is 4.72 Å². The molecule has 2 aromatic rings. The summed E-state index contributed by atoms with van der Waals surface area (Å²) in [6.07, 6.45) is -0.234. The Morgan fingerprint density at radius 1 is 1.38 bits per heavy atom. The monoisotopic (exact) mass is 310 g/mol. The number of aryl methyl sites for hydroxylation is 1. The molecule has 8 heteroatoms. The van der Waals surface area contributed by atoms with Crippen molar-refractivity contribution < 1.29 is 23.4 Å². The Labute approximate surface area is 121 Å². The molecule has 0 aliphatic rings. The Morgan fingerprint density at radius 3 is 2.76 bits per heavy atom. The van der Waals surface area contributed by atoms with Crippen molar-refractivity contribution >= 4 is 26.9 Å². The van der Waals surface area contributed by atoms with Crippen LogP contribution in [-0.2, 0) is 14.8 Å². The molecule has 112 valence electrons. The second kappa shape index (κ2) is 5.76. The van der Waals surface area contributed by atoms with Crippen LogP contribution in [0.5, 0.6) is 0 Å². The van der Waals surface area contributed by atoms with Gasteiger partial charge >= 0.3 is 5.97 Å². The Kier molecular flexibility index (Phi) is 4.21. The van der Waals surface area contributed by atoms with Crippen LogP contribution in [0.1, 0.15) is 5.56 Å². The van der Waals surface area contributed by atoms with E-state index < -0.39 is 28.6 Å². The number of carboxylic acid groups (broad SMARTS) is 1. The van der Waals surface area contributed by atoms with E-state index in [9.17, 15) is 13.2 Å². The van der Waals surface area contributed by atoms with Crippen LogP contribution in [0.25, 0.3) is 10.9 Å². The number of pyridine rings is 1. The molecule has 0 fully saturated rings. The van der Waals surface area contributed by atoms with Crippen molar-refractivity contribution in [2.24, 2.45) is 0 Å². The molecule has 3 N–H and O–H groups in total. The van der Waals surface area contributed by atoms with E-state index in [1.165, 1.54) is 6.07 Å². The first kappa shape index (κ1) is 15.4. The minimum atomic E-state index is -3.95. The fourth-order valence-electron chi connectivity index (χ4n) is 1.88. The van der Waals surface area contributed by atoms with Crippen LogP contribution >= 0.6 is 0 Å². The van der Waals surface area contributed by atoms with Gasteiger partial charge in [-0.3, -0.25) is 4.98 Å². The van der Waals surface area contributed by atoms with Gasteiger partial charge in [0.1, 0.15) is 0 Å². The van der Waals surface area contributed by atoms with E-state index in [-0.39, 0.29) is 4.90 Å². The van der Waals surface area contributed by atoms with E-state index in [4.69, 9.17) is 10.2 Å². The first-order valence-corrected chi connectivity index (χ1v) is 7.56. The lowest BCUT2D eigenvalue weighted by molar-refractivity contribution is -0.146. The van der Waals surface area contributed by atoms with Gasteiger partial charge in [0.15, 0.2) is 6.10 Å². The van der Waals surface area contributed by atoms with Gasteiger partial charge < -0.3 is 10.2 Å². The summed E-state index contributed by atoms with van der Waals surface area (Å²) < 4.78 is 26.6. The zero-order valence-corrected chi connectivity index (χ0v) is 12.0. The molecule has 1 aromatic carbocycles. The van der Waals surface area contributed by atoms with Crippen LogP contribution in [0.15, 0.2) is 35.4 Å². The third kappa shape index (κ3) is 3.18. The first-order valence-electron chi connectivity index (χ1n) is 6.08. The van der Waals surface area contributed by atoms with Crippen molar-refractivity contribution in [2.75, 3.05) is 6.54 Å². The van der Waals surface area contributed by atoms with Gasteiger partial charge in [0.05, 0.1) is 10.4 Å². The van der Waals surface area contributed by atoms with Gasteiger partial charge in [-0.1, -0.05) is 6.07 Å². The number of hydrogen-bond acceptors (Lipinski definition) is 5. The minimum Gasteiger partial charge on any atom is -0.479 e. The van der Waals surface area contributed by atoms with Crippen LogP contribution in [0.3, 0.4) is 0 Å². The summed E-state index contributed by atoms with van der Waals surface area (Å²) >= 11 is 0. The number of fused-ring (bicyclic) bond motifs is 1. The van der Waals surface area contributed by atoms with Crippen molar-refractivity contribution in [3.05, 3.63) is 36.0 Å². The first-order chi connectivity index (χ1) is 9.83. The molecule has 21 heavy (non-hydrogen) atoms. The third-order valence-electron chi connectivity index (χ3n) is 2.97. The highest BCUT2D eigenvalue weighted by Crippen LogP contribution is 2.23. The molecule has 0 saturated carbocycles. The predicted molar refractivity (Wildman–Crippen MR) is 75.3 cm³/mol. The van der Waals surface area contributed by atoms with Gasteiger partial charge in [-0.25, -0.2) is 17.9 Å². The number of aromatic nitrogens is 1. The maximum absolute atomic E-state index is 12.2. The second-order valence-electron chi connectivity index (χ2n) is 4.49. The quantitative estimate of drug-likeness (QED) is 0.729. The van der Waals surface area contributed by atoms with Gasteiger partial charge in [-0.05, 0) is 30.7 Å². The van der Waals surface area contributed by atoms with Gasteiger partial charge in [-0.2, -0.15) is 0 Å². The molecule has 0 spiro atoms. The normalized spacial score (nSPS) is 13.2. The number of nitrogens with zero attached hydrogens (tertiary/aromatic N) is 1. The molecular weight excluding hydrogens is 296 g/mol. The lowest BCUT2D eigenvalue weighted by Gasteiger charge is -2.11. The smallest absolute Gasteiger partial charge is 0.333 e. The summed E-state index contributed by atoms with van der Waals surface area (Å²) in [6, 6.07) is 6.29. The lowest BCUT2D eigenvalue weighted by atomic mass is 10.1. The Bertz CT molecular complexity index is 788. The second-order valence-corrected chi connectivity index (χ2v) is 6.22. The van der Waals surface area contributed by atoms with Crippen molar-refractivity contribution in [3.8, 4) is 0 Å². The minimum absolute atomic E-state index is 0.00575. The summed E-state index contributed by atoms with van der Waals surface area (Å²) in [5.41, 5.74) is 1.38. The Morgan fingerprint density at radius 2 is 2.10 bits per heavy atom. The molecular formula is C13H14N2O5S. The van der Waals surface area contributed by atoms with Crippen LogP contribution in [0.2, 0.25) is 0 Å². The number of benzene rings is 1. The highest BCUT2D eigenvalue weighted by atomic mass is 32.2. The van der Waals surface area contributed by atoms with Crippen molar-refractivity contribution in [3.63, 3.8) is 0 Å². The number of carbonyl (C=O) groups is 1. The molecule has 0 aliphatic heterocycles. The molecule has 0 amide bonds. The van der Waals surface area contributed by atoms with E-state index in [1.807, 2.05) is 6.92 Å². The Hall–Kier alpha value is -2.03. The zero-order valence-electron chi connectivity index (χ0n) is 11.1. The fraction of sp³-hybridized carbons (Fsp3) is 0.231. The van der Waals surface area contributed by atoms with E-state index >= 15 is 0 Å². The average molecular weight is 310 g/mol. The third-order valence-corrected chi connectivity index (χ3v) is 4.45. The summed E-state index contributed by atoms with van der Waals surface area (Å²) in [4.78, 5) is 14.7. The SMILES string of the molecule is Cc1ccc(S(=O)(=O)NC[C@H](O)C(=O)O)c2cccnc12. The molecule has 0 unspecified atom stereocenters. The Balaban J connectivity index is 2.41. The van der Waals surface area contributed by atoms with Gasteiger partial charge in [-0.15, -0.1) is 0 Å². The molecule has 0 bridgehead atoms. The average Bonchev–Trinajstić information content (AvgIpc) is 2.45. The van der Waals surface area contributed by atoms with E-state index in [1.54, 1.807) is 24.4 Å². The number of rotatable bonds is 5. The molecule has 0 saturated heterocycles. The largest absolute Gasteiger partial charge is 0.479 e. The lowest BCUT2D eigenvalue weighted by Crippen LogP contribution is -2.36. The maximum Gasteiger partial charge on any atom is 0.333 e. The molecule has 0 aliphatic carbocycles. The summed E-state index contributed by atoms with van der Waals surface area (Å²) in [7, 11) is -3.95. The van der Waals surface area contributed by atoms with E-state index in [2.05, 4.69) is 9.71 Å². The predicted octanol–water partition coefficient (Wildman–Crippen LogP) is 0.267. The van der Waals surface area contributed by atoms with Gasteiger partial charge in [0.2, 0.25) is 10.0 Å². The number of sulfonamides is 1. The summed E-state index contributed by atoms with van der Waals surface area (Å²) in [5, 5.41) is 18.2. The molecule has 1 atom stereocenters. The van der Waals surface area contributed by atoms with Crippen LogP contribution in [0.4, 0.5) is 0 Å². The maximum atomic E-state index is 12.2. The fourth-order valence-corrected chi connectivity index (χ4v) is 3.11. The molecule has 0 radical (unpaired) electrons. The number of nitrogens with one attached hydrogen (secondary N) is 1. The molecule has 7 nitrogen and oxygen atoms in total. The van der Waals surface area contributed by atoms with E-state index in [0.717, 1.165) is 5.56 Å². The highest BCUT2D eigenvalue weighted by Gasteiger charge is 2.21. The summed E-state index contributed by atoms with van der Waals surface area (Å²) in [5.74, 6) is -1.49. The molecule has 1 aromatic heterocycles. The number of aliphatic carboxylic acids is 1. The molecule has 1 heterocycles. The number of aliphatic hydroxyl groups excluding tert-OH is 1. The van der Waals surface area contributed by atoms with Gasteiger partial charge in [0.25, 0.3) is 0 Å². The highest BCUT2D eigenvalue weighted by molar-refractivity contribution is 7.89. The topological polar surface area (TPSA) is 117 Å².